The van der Waals surface area contributed by atoms with Crippen molar-refractivity contribution in [1.82, 2.24) is 5.32 Å². The highest BCUT2D eigenvalue weighted by Crippen LogP contribution is 2.68. The molecule has 2 saturated carbocycles. The van der Waals surface area contributed by atoms with Crippen molar-refractivity contribution in [1.29, 1.82) is 0 Å². The molecule has 3 fully saturated rings. The van der Waals surface area contributed by atoms with E-state index in [0.717, 1.165) is 25.4 Å². The Labute approximate surface area is 122 Å². The quantitative estimate of drug-likeness (QED) is 0.862. The van der Waals surface area contributed by atoms with E-state index < -0.39 is 0 Å². The molecular formula is C17H29NO2. The minimum Gasteiger partial charge on any atom is -0.378 e. The van der Waals surface area contributed by atoms with E-state index in [-0.39, 0.29) is 11.3 Å². The summed E-state index contributed by atoms with van der Waals surface area (Å²) in [6.45, 7) is 9.88. The molecule has 3 rings (SSSR count). The van der Waals surface area contributed by atoms with Crippen LogP contribution in [-0.4, -0.2) is 24.7 Å². The maximum atomic E-state index is 12.2. The van der Waals surface area contributed by atoms with E-state index in [9.17, 15) is 4.79 Å². The van der Waals surface area contributed by atoms with Gasteiger partial charge in [-0.2, -0.15) is 0 Å². The molecule has 3 nitrogen and oxygen atoms in total. The summed E-state index contributed by atoms with van der Waals surface area (Å²) in [5.74, 6) is 1.62. The maximum Gasteiger partial charge on any atom is 0.220 e. The van der Waals surface area contributed by atoms with Gasteiger partial charge in [0.25, 0.3) is 0 Å². The van der Waals surface area contributed by atoms with Crippen LogP contribution in [0.4, 0.5) is 0 Å². The first-order valence-corrected chi connectivity index (χ1v) is 8.33. The summed E-state index contributed by atoms with van der Waals surface area (Å²) in [5.41, 5.74) is 0.534. The fourth-order valence-electron chi connectivity index (χ4n) is 5.54. The lowest BCUT2D eigenvalue weighted by molar-refractivity contribution is -0.133. The highest BCUT2D eigenvalue weighted by Gasteiger charge is 2.67. The van der Waals surface area contributed by atoms with Gasteiger partial charge in [-0.1, -0.05) is 20.8 Å². The molecule has 0 aromatic heterocycles. The molecule has 1 spiro atoms. The summed E-state index contributed by atoms with van der Waals surface area (Å²) < 4.78 is 5.90. The van der Waals surface area contributed by atoms with Crippen molar-refractivity contribution < 1.29 is 9.53 Å². The monoisotopic (exact) mass is 279 g/mol. The number of hydrogen-bond donors (Lipinski definition) is 1. The van der Waals surface area contributed by atoms with Crippen molar-refractivity contribution >= 4 is 5.91 Å². The molecule has 5 atom stereocenters. The number of carbonyl (C=O) groups is 1. The van der Waals surface area contributed by atoms with Crippen LogP contribution in [0.3, 0.4) is 0 Å². The first kappa shape index (κ1) is 14.4. The van der Waals surface area contributed by atoms with Gasteiger partial charge in [0.15, 0.2) is 0 Å². The molecule has 3 heteroatoms. The average molecular weight is 279 g/mol. The van der Waals surface area contributed by atoms with Crippen LogP contribution in [0.1, 0.15) is 59.8 Å². The standard InChI is InChI=1S/C17H29NO2/c1-5-6-14(19)18-15-16(3,4)12-9-13-11(2)20-8-7-17(13,15)10-12/h11-13,15H,5-10H2,1-4H3,(H,18,19)/t11-,12-,13-,15+,17?/m1/s1. The van der Waals surface area contributed by atoms with Gasteiger partial charge in [-0.15, -0.1) is 0 Å². The Morgan fingerprint density at radius 2 is 2.15 bits per heavy atom. The Morgan fingerprint density at radius 1 is 1.40 bits per heavy atom. The average Bonchev–Trinajstić information content (AvgIpc) is 2.85. The predicted octanol–water partition coefficient (Wildman–Crippen LogP) is 3.13. The van der Waals surface area contributed by atoms with Crippen molar-refractivity contribution in [3.8, 4) is 0 Å². The Hall–Kier alpha value is -0.570. The minimum absolute atomic E-state index is 0.233. The lowest BCUT2D eigenvalue weighted by atomic mass is 9.59. The minimum atomic E-state index is 0.233. The maximum absolute atomic E-state index is 12.2. The SMILES string of the molecule is CCCC(=O)N[C@H]1C(C)(C)[C@@H]2C[C@@H]3[C@@H](C)OCCC31C2. The van der Waals surface area contributed by atoms with E-state index in [1.54, 1.807) is 0 Å². The van der Waals surface area contributed by atoms with E-state index in [0.29, 0.717) is 29.9 Å². The van der Waals surface area contributed by atoms with Crippen molar-refractivity contribution in [2.24, 2.45) is 22.7 Å². The third-order valence-electron chi connectivity index (χ3n) is 6.57. The van der Waals surface area contributed by atoms with Crippen molar-refractivity contribution in [2.75, 3.05) is 6.61 Å². The predicted molar refractivity (Wildman–Crippen MR) is 79.3 cm³/mol. The summed E-state index contributed by atoms with van der Waals surface area (Å²) in [6.07, 6.45) is 5.64. The molecule has 0 aromatic carbocycles. The van der Waals surface area contributed by atoms with Gasteiger partial charge in [0, 0.05) is 19.1 Å². The second-order valence-electron chi connectivity index (χ2n) is 7.87. The van der Waals surface area contributed by atoms with Crippen molar-refractivity contribution in [3.63, 3.8) is 0 Å². The molecule has 0 radical (unpaired) electrons. The van der Waals surface area contributed by atoms with E-state index in [2.05, 4.69) is 33.0 Å². The Morgan fingerprint density at radius 3 is 2.85 bits per heavy atom. The number of rotatable bonds is 3. The molecule has 114 valence electrons. The van der Waals surface area contributed by atoms with E-state index in [4.69, 9.17) is 4.74 Å². The molecule has 1 saturated heterocycles. The van der Waals surface area contributed by atoms with Crippen molar-refractivity contribution in [2.45, 2.75) is 71.9 Å². The van der Waals surface area contributed by atoms with Gasteiger partial charge < -0.3 is 10.1 Å². The molecule has 1 amide bonds. The zero-order valence-corrected chi connectivity index (χ0v) is 13.4. The zero-order chi connectivity index (χ0) is 14.5. The van der Waals surface area contributed by atoms with Gasteiger partial charge in [0.2, 0.25) is 5.91 Å². The van der Waals surface area contributed by atoms with Crippen LogP contribution in [0, 0.1) is 22.7 Å². The molecular weight excluding hydrogens is 250 g/mol. The van der Waals surface area contributed by atoms with Crippen LogP contribution in [0.25, 0.3) is 0 Å². The second-order valence-corrected chi connectivity index (χ2v) is 7.87. The van der Waals surface area contributed by atoms with Crippen molar-refractivity contribution in [3.05, 3.63) is 0 Å². The van der Waals surface area contributed by atoms with Crippen LogP contribution < -0.4 is 5.32 Å². The third-order valence-corrected chi connectivity index (χ3v) is 6.57. The summed E-state index contributed by atoms with van der Waals surface area (Å²) in [5, 5.41) is 3.42. The Kier molecular flexibility index (Phi) is 3.39. The highest BCUT2D eigenvalue weighted by molar-refractivity contribution is 5.76. The molecule has 20 heavy (non-hydrogen) atoms. The zero-order valence-electron chi connectivity index (χ0n) is 13.4. The van der Waals surface area contributed by atoms with Gasteiger partial charge in [0.1, 0.15) is 0 Å². The number of nitrogens with one attached hydrogen (secondary N) is 1. The second kappa shape index (κ2) is 4.72. The first-order chi connectivity index (χ1) is 9.41. The molecule has 1 unspecified atom stereocenters. The lowest BCUT2D eigenvalue weighted by Crippen LogP contribution is -2.59. The van der Waals surface area contributed by atoms with Gasteiger partial charge in [-0.05, 0) is 55.3 Å². The summed E-state index contributed by atoms with van der Waals surface area (Å²) >= 11 is 0. The van der Waals surface area contributed by atoms with Gasteiger partial charge in [-0.25, -0.2) is 0 Å². The number of amides is 1. The molecule has 1 aliphatic heterocycles. The summed E-state index contributed by atoms with van der Waals surface area (Å²) in [6, 6.07) is 0.337. The molecule has 0 aromatic rings. The Bertz CT molecular complexity index is 406. The van der Waals surface area contributed by atoms with Gasteiger partial charge in [0.05, 0.1) is 6.10 Å². The smallest absolute Gasteiger partial charge is 0.220 e. The normalized spacial score (nSPS) is 45.2. The summed E-state index contributed by atoms with van der Waals surface area (Å²) in [4.78, 5) is 12.2. The molecule has 2 aliphatic carbocycles. The topological polar surface area (TPSA) is 38.3 Å². The first-order valence-electron chi connectivity index (χ1n) is 8.33. The number of hydrogen-bond acceptors (Lipinski definition) is 2. The van der Waals surface area contributed by atoms with Crippen LogP contribution in [0.5, 0.6) is 0 Å². The molecule has 1 N–H and O–H groups in total. The van der Waals surface area contributed by atoms with Crippen LogP contribution in [-0.2, 0) is 9.53 Å². The third kappa shape index (κ3) is 1.85. The van der Waals surface area contributed by atoms with E-state index in [1.807, 2.05) is 0 Å². The molecule has 2 bridgehead atoms. The van der Waals surface area contributed by atoms with Crippen LogP contribution in [0.2, 0.25) is 0 Å². The number of carbonyl (C=O) groups excluding carboxylic acids is 1. The van der Waals surface area contributed by atoms with E-state index >= 15 is 0 Å². The molecule has 3 aliphatic rings. The van der Waals surface area contributed by atoms with Crippen LogP contribution >= 0.6 is 0 Å². The number of fused-ring (bicyclic) bond motifs is 1. The fourth-order valence-corrected chi connectivity index (χ4v) is 5.54. The Balaban J connectivity index is 1.88. The summed E-state index contributed by atoms with van der Waals surface area (Å²) in [7, 11) is 0. The van der Waals surface area contributed by atoms with Gasteiger partial charge >= 0.3 is 0 Å². The lowest BCUT2D eigenvalue weighted by Gasteiger charge is -2.52. The largest absolute Gasteiger partial charge is 0.378 e. The van der Waals surface area contributed by atoms with Gasteiger partial charge in [-0.3, -0.25) is 4.79 Å². The van der Waals surface area contributed by atoms with E-state index in [1.165, 1.54) is 12.8 Å². The fraction of sp³-hybridized carbons (Fsp3) is 0.941. The van der Waals surface area contributed by atoms with Crippen LogP contribution in [0.15, 0.2) is 0 Å². The molecule has 1 heterocycles. The highest BCUT2D eigenvalue weighted by atomic mass is 16.5. The number of ether oxygens (including phenoxy) is 1.